The van der Waals surface area contributed by atoms with Gasteiger partial charge < -0.3 is 14.9 Å². The largest absolute Gasteiger partial charge is 0.388 e. The molecule has 1 fully saturated rings. The van der Waals surface area contributed by atoms with Crippen LogP contribution in [0.15, 0.2) is 30.3 Å². The molecule has 2 heterocycles. The van der Waals surface area contributed by atoms with Crippen LogP contribution in [0.3, 0.4) is 0 Å². The van der Waals surface area contributed by atoms with Crippen LogP contribution in [0.1, 0.15) is 158 Å². The van der Waals surface area contributed by atoms with Crippen LogP contribution in [0.25, 0.3) is 5.57 Å². The van der Waals surface area contributed by atoms with Crippen molar-refractivity contribution in [2.24, 2.45) is 10.8 Å². The number of benzene rings is 1. The van der Waals surface area contributed by atoms with Crippen molar-refractivity contribution in [2.45, 2.75) is 131 Å². The molecule has 1 spiro atoms. The summed E-state index contributed by atoms with van der Waals surface area (Å²) in [5.41, 5.74) is 8.98. The topological polar surface area (TPSA) is 62.6 Å². The minimum atomic E-state index is -0.801. The molecule has 1 aromatic carbocycles. The second-order valence-electron chi connectivity index (χ2n) is 15.3. The summed E-state index contributed by atoms with van der Waals surface area (Å²) >= 11 is 3.53. The number of rotatable bonds is 4. The summed E-state index contributed by atoms with van der Waals surface area (Å²) in [6.07, 6.45) is 9.89. The maximum Gasteiger partial charge on any atom is 0.106 e. The summed E-state index contributed by atoms with van der Waals surface area (Å²) in [6.45, 7) is 21.1. The van der Waals surface area contributed by atoms with Gasteiger partial charge in [0.25, 0.3) is 0 Å². The van der Waals surface area contributed by atoms with Crippen molar-refractivity contribution in [3.05, 3.63) is 69.5 Å². The van der Waals surface area contributed by atoms with Crippen LogP contribution >= 0.6 is 12.6 Å². The van der Waals surface area contributed by atoms with Gasteiger partial charge in [0.15, 0.2) is 0 Å². The number of pyridine rings is 1. The van der Waals surface area contributed by atoms with Gasteiger partial charge in [0, 0.05) is 22.5 Å². The summed E-state index contributed by atoms with van der Waals surface area (Å²) in [5, 5.41) is 23.4. The van der Waals surface area contributed by atoms with Crippen molar-refractivity contribution in [2.75, 3.05) is 19.5 Å². The number of hydrogen-bond donors (Lipinski definition) is 3. The normalized spacial score (nSPS) is 20.1. The van der Waals surface area contributed by atoms with Gasteiger partial charge >= 0.3 is 0 Å². The lowest BCUT2D eigenvalue weighted by atomic mass is 9.59. The second kappa shape index (κ2) is 14.6. The fourth-order valence-electron chi connectivity index (χ4n) is 6.32. The maximum absolute atomic E-state index is 11.9. The molecule has 5 heteroatoms. The van der Waals surface area contributed by atoms with E-state index in [1.54, 1.807) is 6.26 Å². The van der Waals surface area contributed by atoms with Gasteiger partial charge in [0.1, 0.15) is 6.10 Å². The highest BCUT2D eigenvalue weighted by atomic mass is 32.1. The maximum atomic E-state index is 11.9. The van der Waals surface area contributed by atoms with Crippen molar-refractivity contribution in [1.29, 1.82) is 0 Å². The Balaban J connectivity index is 0.000000566. The number of aliphatic hydroxyl groups is 2. The number of thiol groups is 1. The van der Waals surface area contributed by atoms with Crippen molar-refractivity contribution in [3.8, 4) is 0 Å². The van der Waals surface area contributed by atoms with Gasteiger partial charge in [-0.05, 0) is 82.8 Å². The summed E-state index contributed by atoms with van der Waals surface area (Å²) < 4.78 is 5.64. The van der Waals surface area contributed by atoms with Crippen molar-refractivity contribution < 1.29 is 14.9 Å². The second-order valence-corrected chi connectivity index (χ2v) is 15.3. The number of ether oxygens (including phenoxy) is 1. The Labute approximate surface area is 268 Å². The molecule has 0 amide bonds. The zero-order valence-corrected chi connectivity index (χ0v) is 29.6. The monoisotopic (exact) mass is 609 g/mol. The third-order valence-corrected chi connectivity index (χ3v) is 9.56. The molecule has 2 N–H and O–H groups in total. The van der Waals surface area contributed by atoms with E-state index in [4.69, 9.17) is 9.72 Å². The third-order valence-electron chi connectivity index (χ3n) is 9.56. The van der Waals surface area contributed by atoms with Crippen LogP contribution in [-0.2, 0) is 16.6 Å². The first-order valence-electron chi connectivity index (χ1n) is 16.4. The van der Waals surface area contributed by atoms with E-state index in [1.807, 2.05) is 0 Å². The molecule has 240 valence electrons. The first kappa shape index (κ1) is 35.8. The average Bonchev–Trinajstić information content (AvgIpc) is 2.96. The van der Waals surface area contributed by atoms with Crippen LogP contribution in [0, 0.1) is 10.8 Å². The van der Waals surface area contributed by atoms with Gasteiger partial charge in [-0.1, -0.05) is 105 Å². The van der Waals surface area contributed by atoms with Crippen LogP contribution in [-0.4, -0.2) is 34.7 Å². The van der Waals surface area contributed by atoms with Crippen LogP contribution in [0.4, 0.5) is 0 Å². The first-order chi connectivity index (χ1) is 20.2. The number of hydrogen-bond acceptors (Lipinski definition) is 5. The Kier molecular flexibility index (Phi) is 12.2. The highest BCUT2D eigenvalue weighted by Gasteiger charge is 2.45. The lowest BCUT2D eigenvalue weighted by molar-refractivity contribution is 0.0239. The van der Waals surface area contributed by atoms with E-state index in [-0.39, 0.29) is 16.7 Å². The zero-order chi connectivity index (χ0) is 32.2. The molecule has 4 nitrogen and oxygen atoms in total. The first-order valence-corrected chi connectivity index (χ1v) is 17.3. The molecule has 1 aliphatic heterocycles. The van der Waals surface area contributed by atoms with Crippen LogP contribution in [0.2, 0.25) is 0 Å². The number of fused-ring (bicyclic) bond motifs is 1. The van der Waals surface area contributed by atoms with E-state index in [0.717, 1.165) is 52.9 Å². The minimum Gasteiger partial charge on any atom is -0.388 e. The van der Waals surface area contributed by atoms with Gasteiger partial charge in [0.2, 0.25) is 0 Å². The number of aromatic nitrogens is 1. The zero-order valence-electron chi connectivity index (χ0n) is 28.7. The fourth-order valence-corrected chi connectivity index (χ4v) is 6.32. The molecule has 0 radical (unpaired) electrons. The molecule has 5 rings (SSSR count). The molecule has 1 aromatic heterocycles. The summed E-state index contributed by atoms with van der Waals surface area (Å²) in [7, 11) is 0. The lowest BCUT2D eigenvalue weighted by Crippen LogP contribution is -2.38. The van der Waals surface area contributed by atoms with Crippen molar-refractivity contribution in [1.82, 2.24) is 4.98 Å². The van der Waals surface area contributed by atoms with Crippen molar-refractivity contribution >= 4 is 18.2 Å². The van der Waals surface area contributed by atoms with E-state index in [2.05, 4.69) is 105 Å². The molecular weight excluding hydrogens is 550 g/mol. The molecule has 0 saturated heterocycles. The summed E-state index contributed by atoms with van der Waals surface area (Å²) in [5.74, 6) is 0.161. The highest BCUT2D eigenvalue weighted by Crippen LogP contribution is 2.55. The molecule has 2 aromatic rings. The lowest BCUT2D eigenvalue weighted by Gasteiger charge is -2.47. The Morgan fingerprint density at radius 2 is 1.65 bits per heavy atom. The van der Waals surface area contributed by atoms with Gasteiger partial charge in [0.05, 0.1) is 19.3 Å². The van der Waals surface area contributed by atoms with Gasteiger partial charge in [-0.15, -0.1) is 0 Å². The number of aliphatic hydroxyl groups excluding tert-OH is 2. The predicted octanol–water partition coefficient (Wildman–Crippen LogP) is 9.53. The van der Waals surface area contributed by atoms with E-state index in [0.29, 0.717) is 18.6 Å². The summed E-state index contributed by atoms with van der Waals surface area (Å²) in [6, 6.07) is 8.36. The SMILES string of the molecule is CC(C)c1nc2c(c(C3=CCOCC3)c1C(O)c1ccc(C(C)(C)C)cc1)C(O)CC1(CCC1)C2.CCC(C)(C)C.CS. The molecule has 3 aliphatic rings. The molecule has 2 aliphatic carbocycles. The average molecular weight is 610 g/mol. The van der Waals surface area contributed by atoms with E-state index in [9.17, 15) is 10.2 Å². The van der Waals surface area contributed by atoms with Crippen LogP contribution < -0.4 is 0 Å². The van der Waals surface area contributed by atoms with Gasteiger partial charge in [-0.3, -0.25) is 4.98 Å². The molecule has 0 bridgehead atoms. The standard InChI is InChI=1S/C31H41NO3.C6H14.CH4S/c1-19(2)28-27(29(34)21-7-9-22(10-8-21)30(3,4)5)25(20-11-15-35-16-12-20)26-23(32-28)17-31(13-6-14-31)18-24(26)33;1-5-6(2,3)4;1-2/h7-11,19,24,29,33-34H,6,12-18H2,1-5H3;5H2,1-4H3;2H,1H3. The Bertz CT molecular complexity index is 1230. The van der Waals surface area contributed by atoms with E-state index < -0.39 is 12.2 Å². The Morgan fingerprint density at radius 3 is 2.09 bits per heavy atom. The van der Waals surface area contributed by atoms with Gasteiger partial charge in [-0.2, -0.15) is 12.6 Å². The van der Waals surface area contributed by atoms with E-state index >= 15 is 0 Å². The smallest absolute Gasteiger partial charge is 0.106 e. The fraction of sp³-hybridized carbons (Fsp3) is 0.658. The van der Waals surface area contributed by atoms with Gasteiger partial charge in [-0.25, -0.2) is 0 Å². The third kappa shape index (κ3) is 8.54. The Hall–Kier alpha value is -1.66. The van der Waals surface area contributed by atoms with Crippen molar-refractivity contribution in [3.63, 3.8) is 0 Å². The number of nitrogens with zero attached hydrogens (tertiary/aromatic N) is 1. The molecular formula is C38H59NO3S. The Morgan fingerprint density at radius 1 is 1.05 bits per heavy atom. The molecule has 43 heavy (non-hydrogen) atoms. The predicted molar refractivity (Wildman–Crippen MR) is 185 cm³/mol. The molecule has 1 saturated carbocycles. The highest BCUT2D eigenvalue weighted by molar-refractivity contribution is 7.79. The summed E-state index contributed by atoms with van der Waals surface area (Å²) in [4.78, 5) is 5.22. The minimum absolute atomic E-state index is 0.0552. The quantitative estimate of drug-likeness (QED) is 0.302. The molecule has 2 atom stereocenters. The van der Waals surface area contributed by atoms with Crippen LogP contribution in [0.5, 0.6) is 0 Å². The molecule has 2 unspecified atom stereocenters. The van der Waals surface area contributed by atoms with E-state index in [1.165, 1.54) is 36.8 Å².